The second-order valence-corrected chi connectivity index (χ2v) is 5.82. The van der Waals surface area contributed by atoms with Crippen LogP contribution >= 0.6 is 0 Å². The van der Waals surface area contributed by atoms with E-state index in [4.69, 9.17) is 9.47 Å². The van der Waals surface area contributed by atoms with Crippen LogP contribution in [0.15, 0.2) is 66.9 Å². The zero-order valence-corrected chi connectivity index (χ0v) is 15.2. The monoisotopic (exact) mass is 364 g/mol. The number of imide groups is 1. The highest BCUT2D eigenvalue weighted by atomic mass is 16.5. The number of nitrogens with one attached hydrogen (secondary N) is 1. The molecule has 0 aromatic heterocycles. The fourth-order valence-corrected chi connectivity index (χ4v) is 2.90. The number of carbonyl (C=O) groups excluding carboxylic acids is 2. The highest BCUT2D eigenvalue weighted by molar-refractivity contribution is 6.36. The molecule has 6 heteroatoms. The molecule has 6 nitrogen and oxygen atoms in total. The Kier molecular flexibility index (Phi) is 5.26. The Morgan fingerprint density at radius 3 is 2.41 bits per heavy atom. The average Bonchev–Trinajstić information content (AvgIpc) is 2.93. The van der Waals surface area contributed by atoms with Gasteiger partial charge in [0.2, 0.25) is 0 Å². The van der Waals surface area contributed by atoms with E-state index < -0.39 is 5.91 Å². The van der Waals surface area contributed by atoms with Gasteiger partial charge in [0.05, 0.1) is 25.5 Å². The standard InChI is InChI=1S/C21H20N2O4/c1-4-12-23-20(24)18(14-8-6-5-7-9-14)19(21(23)25)22-16-11-10-15(26-2)13-17(16)27-3/h4-11,13,22H,1,12H2,2-3H3. The Morgan fingerprint density at radius 2 is 1.78 bits per heavy atom. The molecule has 0 spiro atoms. The molecule has 0 saturated heterocycles. The predicted molar refractivity (Wildman–Crippen MR) is 103 cm³/mol. The van der Waals surface area contributed by atoms with Crippen LogP contribution in [0.4, 0.5) is 5.69 Å². The molecule has 0 fully saturated rings. The summed E-state index contributed by atoms with van der Waals surface area (Å²) in [6.07, 6.45) is 1.52. The second kappa shape index (κ2) is 7.78. The first-order valence-corrected chi connectivity index (χ1v) is 8.36. The molecule has 2 aromatic rings. The van der Waals surface area contributed by atoms with Crippen LogP contribution in [0.2, 0.25) is 0 Å². The molecule has 0 aliphatic carbocycles. The zero-order valence-electron chi connectivity index (χ0n) is 15.2. The van der Waals surface area contributed by atoms with Crippen LogP contribution in [0.25, 0.3) is 5.57 Å². The number of methoxy groups -OCH3 is 2. The molecule has 0 bridgehead atoms. The van der Waals surface area contributed by atoms with Crippen LogP contribution < -0.4 is 14.8 Å². The quantitative estimate of drug-likeness (QED) is 0.604. The topological polar surface area (TPSA) is 67.9 Å². The van der Waals surface area contributed by atoms with Crippen LogP contribution in [-0.4, -0.2) is 37.5 Å². The number of anilines is 1. The van der Waals surface area contributed by atoms with E-state index in [1.54, 1.807) is 37.4 Å². The summed E-state index contributed by atoms with van der Waals surface area (Å²) in [5, 5.41) is 3.08. The summed E-state index contributed by atoms with van der Waals surface area (Å²) in [6.45, 7) is 3.77. The molecule has 27 heavy (non-hydrogen) atoms. The first kappa shape index (κ1) is 18.3. The summed E-state index contributed by atoms with van der Waals surface area (Å²) < 4.78 is 10.6. The van der Waals surface area contributed by atoms with Gasteiger partial charge in [-0.15, -0.1) is 6.58 Å². The SMILES string of the molecule is C=CCN1C(=O)C(Nc2ccc(OC)cc2OC)=C(c2ccccc2)C1=O. The van der Waals surface area contributed by atoms with Gasteiger partial charge in [-0.1, -0.05) is 36.4 Å². The molecule has 138 valence electrons. The molecule has 1 heterocycles. The molecule has 0 atom stereocenters. The minimum absolute atomic E-state index is 0.138. The minimum Gasteiger partial charge on any atom is -0.497 e. The third-order valence-corrected chi connectivity index (χ3v) is 4.21. The molecular formula is C21H20N2O4. The van der Waals surface area contributed by atoms with Crippen molar-refractivity contribution < 1.29 is 19.1 Å². The van der Waals surface area contributed by atoms with Crippen molar-refractivity contribution in [2.75, 3.05) is 26.1 Å². The number of hydrogen-bond acceptors (Lipinski definition) is 5. The lowest BCUT2D eigenvalue weighted by Gasteiger charge is -2.14. The molecule has 1 aliphatic rings. The van der Waals surface area contributed by atoms with Gasteiger partial charge in [-0.05, 0) is 17.7 Å². The molecule has 1 N–H and O–H groups in total. The molecule has 0 unspecified atom stereocenters. The molecule has 0 radical (unpaired) electrons. The van der Waals surface area contributed by atoms with E-state index in [-0.39, 0.29) is 18.1 Å². The lowest BCUT2D eigenvalue weighted by atomic mass is 10.0. The van der Waals surface area contributed by atoms with Crippen LogP contribution in [0, 0.1) is 0 Å². The Morgan fingerprint density at radius 1 is 1.04 bits per heavy atom. The summed E-state index contributed by atoms with van der Waals surface area (Å²) in [6, 6.07) is 14.3. The average molecular weight is 364 g/mol. The fourth-order valence-electron chi connectivity index (χ4n) is 2.90. The maximum Gasteiger partial charge on any atom is 0.278 e. The van der Waals surface area contributed by atoms with E-state index in [0.717, 1.165) is 4.90 Å². The minimum atomic E-state index is -0.406. The van der Waals surface area contributed by atoms with Gasteiger partial charge in [0.15, 0.2) is 0 Å². The van der Waals surface area contributed by atoms with Crippen molar-refractivity contribution in [3.63, 3.8) is 0 Å². The van der Waals surface area contributed by atoms with Gasteiger partial charge in [0.25, 0.3) is 11.8 Å². The molecular weight excluding hydrogens is 344 g/mol. The third-order valence-electron chi connectivity index (χ3n) is 4.21. The van der Waals surface area contributed by atoms with E-state index in [1.165, 1.54) is 13.2 Å². The van der Waals surface area contributed by atoms with Gasteiger partial charge >= 0.3 is 0 Å². The Labute approximate surface area is 157 Å². The second-order valence-electron chi connectivity index (χ2n) is 5.82. The van der Waals surface area contributed by atoms with E-state index in [9.17, 15) is 9.59 Å². The van der Waals surface area contributed by atoms with Gasteiger partial charge in [0, 0.05) is 12.6 Å². The summed E-state index contributed by atoms with van der Waals surface area (Å²) in [5.41, 5.74) is 1.75. The first-order chi connectivity index (χ1) is 13.1. The number of nitrogens with zero attached hydrogens (tertiary/aromatic N) is 1. The van der Waals surface area contributed by atoms with Gasteiger partial charge in [-0.25, -0.2) is 0 Å². The van der Waals surface area contributed by atoms with Gasteiger partial charge in [-0.3, -0.25) is 14.5 Å². The van der Waals surface area contributed by atoms with Crippen LogP contribution in [0.5, 0.6) is 11.5 Å². The number of hydrogen-bond donors (Lipinski definition) is 1. The number of rotatable bonds is 7. The van der Waals surface area contributed by atoms with Crippen molar-refractivity contribution in [2.45, 2.75) is 0 Å². The maximum atomic E-state index is 12.9. The van der Waals surface area contributed by atoms with Crippen molar-refractivity contribution in [1.82, 2.24) is 4.90 Å². The largest absolute Gasteiger partial charge is 0.497 e. The summed E-state index contributed by atoms with van der Waals surface area (Å²) in [4.78, 5) is 26.9. The number of ether oxygens (including phenoxy) is 2. The molecule has 0 saturated carbocycles. The van der Waals surface area contributed by atoms with E-state index in [1.807, 2.05) is 18.2 Å². The van der Waals surface area contributed by atoms with Crippen LogP contribution in [0.3, 0.4) is 0 Å². The lowest BCUT2D eigenvalue weighted by Crippen LogP contribution is -2.32. The number of amides is 2. The van der Waals surface area contributed by atoms with Gasteiger partial charge in [0.1, 0.15) is 17.2 Å². The molecule has 2 amide bonds. The third kappa shape index (κ3) is 3.42. The molecule has 1 aliphatic heterocycles. The van der Waals surface area contributed by atoms with Crippen molar-refractivity contribution in [1.29, 1.82) is 0 Å². The van der Waals surface area contributed by atoms with Crippen molar-refractivity contribution in [3.05, 3.63) is 72.4 Å². The smallest absolute Gasteiger partial charge is 0.278 e. The Bertz CT molecular complexity index is 919. The number of carbonyl (C=O) groups is 2. The Hall–Kier alpha value is -3.54. The van der Waals surface area contributed by atoms with Gasteiger partial charge < -0.3 is 14.8 Å². The van der Waals surface area contributed by atoms with Crippen LogP contribution in [-0.2, 0) is 9.59 Å². The van der Waals surface area contributed by atoms with E-state index in [0.29, 0.717) is 28.3 Å². The molecule has 3 rings (SSSR count). The highest BCUT2D eigenvalue weighted by Crippen LogP contribution is 2.34. The highest BCUT2D eigenvalue weighted by Gasteiger charge is 2.38. The maximum absolute atomic E-state index is 12.9. The number of benzene rings is 2. The zero-order chi connectivity index (χ0) is 19.4. The first-order valence-electron chi connectivity index (χ1n) is 8.36. The van der Waals surface area contributed by atoms with Gasteiger partial charge in [-0.2, -0.15) is 0 Å². The summed E-state index contributed by atoms with van der Waals surface area (Å²) in [7, 11) is 3.09. The van der Waals surface area contributed by atoms with Crippen LogP contribution in [0.1, 0.15) is 5.56 Å². The lowest BCUT2D eigenvalue weighted by molar-refractivity contribution is -0.136. The summed E-state index contributed by atoms with van der Waals surface area (Å²) in [5.74, 6) is 0.353. The fraction of sp³-hybridized carbons (Fsp3) is 0.143. The van der Waals surface area contributed by atoms with E-state index in [2.05, 4.69) is 11.9 Å². The summed E-state index contributed by atoms with van der Waals surface area (Å²) >= 11 is 0. The normalized spacial score (nSPS) is 13.8. The van der Waals surface area contributed by atoms with Crippen molar-refractivity contribution >= 4 is 23.1 Å². The van der Waals surface area contributed by atoms with E-state index >= 15 is 0 Å². The van der Waals surface area contributed by atoms with Crippen molar-refractivity contribution in [2.24, 2.45) is 0 Å². The van der Waals surface area contributed by atoms with Crippen molar-refractivity contribution in [3.8, 4) is 11.5 Å². The Balaban J connectivity index is 2.08. The molecule has 2 aromatic carbocycles. The predicted octanol–water partition coefficient (Wildman–Crippen LogP) is 3.08.